The Labute approximate surface area is 128 Å². The van der Waals surface area contributed by atoms with Crippen LogP contribution < -0.4 is 0 Å². The minimum absolute atomic E-state index is 0.0705. The normalized spacial score (nSPS) is 10.3. The summed E-state index contributed by atoms with van der Waals surface area (Å²) in [5.74, 6) is -3.45. The molecule has 23 heavy (non-hydrogen) atoms. The summed E-state index contributed by atoms with van der Waals surface area (Å²) in [6, 6.07) is 6.56. The van der Waals surface area contributed by atoms with Crippen LogP contribution in [0.25, 0.3) is 0 Å². The lowest BCUT2D eigenvalue weighted by atomic mass is 9.97. The highest BCUT2D eigenvalue weighted by Gasteiger charge is 2.17. The first kappa shape index (κ1) is 16.1. The van der Waals surface area contributed by atoms with Crippen LogP contribution in [0.4, 0.5) is 10.1 Å². The van der Waals surface area contributed by atoms with E-state index in [0.717, 1.165) is 18.2 Å². The van der Waals surface area contributed by atoms with Crippen LogP contribution in [0.5, 0.6) is 0 Å². The second-order valence-corrected chi connectivity index (χ2v) is 4.69. The zero-order valence-corrected chi connectivity index (χ0v) is 11.5. The van der Waals surface area contributed by atoms with Crippen molar-refractivity contribution in [2.45, 2.75) is 6.42 Å². The molecule has 0 spiro atoms. The van der Waals surface area contributed by atoms with Gasteiger partial charge in [-0.1, -0.05) is 6.07 Å². The molecule has 7 nitrogen and oxygen atoms in total. The van der Waals surface area contributed by atoms with E-state index >= 15 is 0 Å². The van der Waals surface area contributed by atoms with E-state index in [0.29, 0.717) is 0 Å². The van der Waals surface area contributed by atoms with Gasteiger partial charge in [0.1, 0.15) is 5.82 Å². The molecule has 0 bridgehead atoms. The molecule has 0 aliphatic heterocycles. The second kappa shape index (κ2) is 6.22. The highest BCUT2D eigenvalue weighted by molar-refractivity contribution is 5.94. The first-order valence-corrected chi connectivity index (χ1v) is 6.32. The second-order valence-electron chi connectivity index (χ2n) is 4.69. The molecule has 0 fully saturated rings. The molecule has 0 saturated carbocycles. The van der Waals surface area contributed by atoms with Crippen molar-refractivity contribution in [1.82, 2.24) is 0 Å². The fourth-order valence-electron chi connectivity index (χ4n) is 2.06. The molecule has 0 amide bonds. The third kappa shape index (κ3) is 3.49. The molecule has 0 saturated heterocycles. The largest absolute Gasteiger partial charge is 0.478 e. The minimum atomic E-state index is -1.34. The van der Waals surface area contributed by atoms with Gasteiger partial charge in [-0.05, 0) is 29.3 Å². The predicted octanol–water partition coefficient (Wildman–Crippen LogP) is 2.72. The lowest BCUT2D eigenvalue weighted by Crippen LogP contribution is -2.07. The molecule has 2 aromatic carbocycles. The molecule has 0 heterocycles. The summed E-state index contributed by atoms with van der Waals surface area (Å²) < 4.78 is 13.9. The molecule has 0 radical (unpaired) electrons. The monoisotopic (exact) mass is 319 g/mol. The number of non-ortho nitro benzene ring substituents is 1. The van der Waals surface area contributed by atoms with Gasteiger partial charge in [-0.25, -0.2) is 14.0 Å². The average Bonchev–Trinajstić information content (AvgIpc) is 2.48. The molecular formula is C15H10FNO6. The summed E-state index contributed by atoms with van der Waals surface area (Å²) in [7, 11) is 0. The summed E-state index contributed by atoms with van der Waals surface area (Å²) >= 11 is 0. The van der Waals surface area contributed by atoms with E-state index in [2.05, 4.69) is 0 Å². The maximum Gasteiger partial charge on any atom is 0.336 e. The number of nitrogens with zero attached hydrogens (tertiary/aromatic N) is 1. The first-order valence-electron chi connectivity index (χ1n) is 6.32. The fourth-order valence-corrected chi connectivity index (χ4v) is 2.06. The van der Waals surface area contributed by atoms with Crippen LogP contribution in [0.1, 0.15) is 31.8 Å². The van der Waals surface area contributed by atoms with Crippen molar-refractivity contribution >= 4 is 17.6 Å². The van der Waals surface area contributed by atoms with Crippen LogP contribution in [0, 0.1) is 15.9 Å². The van der Waals surface area contributed by atoms with Crippen molar-refractivity contribution in [3.63, 3.8) is 0 Å². The number of nitro benzene ring substituents is 1. The van der Waals surface area contributed by atoms with E-state index in [1.807, 2.05) is 0 Å². The van der Waals surface area contributed by atoms with E-state index < -0.39 is 28.4 Å². The molecule has 0 atom stereocenters. The van der Waals surface area contributed by atoms with Crippen molar-refractivity contribution in [1.29, 1.82) is 0 Å². The zero-order valence-electron chi connectivity index (χ0n) is 11.5. The number of aromatic carboxylic acids is 2. The molecule has 8 heteroatoms. The van der Waals surface area contributed by atoms with Gasteiger partial charge in [0.05, 0.1) is 22.1 Å². The van der Waals surface area contributed by atoms with Crippen molar-refractivity contribution < 1.29 is 29.1 Å². The van der Waals surface area contributed by atoms with Crippen LogP contribution >= 0.6 is 0 Å². The van der Waals surface area contributed by atoms with Crippen LogP contribution in [0.3, 0.4) is 0 Å². The van der Waals surface area contributed by atoms with E-state index in [4.69, 9.17) is 10.2 Å². The number of nitro groups is 1. The van der Waals surface area contributed by atoms with Gasteiger partial charge in [0, 0.05) is 12.5 Å². The lowest BCUT2D eigenvalue weighted by Gasteiger charge is -2.08. The SMILES string of the molecule is O=C(O)c1ccc(Cc2ccc([N+](=O)[O-])cc2F)c(C(=O)O)c1. The number of hydrogen-bond donors (Lipinski definition) is 2. The standard InChI is InChI=1S/C15H10FNO6/c16-13-7-11(17(22)23)4-3-9(13)5-8-1-2-10(14(18)19)6-12(8)15(20)21/h1-4,6-7H,5H2,(H,18,19)(H,20,21). The summed E-state index contributed by atoms with van der Waals surface area (Å²) in [6.07, 6.45) is -0.134. The predicted molar refractivity (Wildman–Crippen MR) is 76.2 cm³/mol. The Bertz CT molecular complexity index is 818. The third-order valence-corrected chi connectivity index (χ3v) is 3.22. The fraction of sp³-hybridized carbons (Fsp3) is 0.0667. The smallest absolute Gasteiger partial charge is 0.336 e. The summed E-state index contributed by atoms with van der Waals surface area (Å²) in [5, 5.41) is 28.6. The van der Waals surface area contributed by atoms with Crippen LogP contribution in [-0.4, -0.2) is 27.1 Å². The molecule has 2 rings (SSSR count). The van der Waals surface area contributed by atoms with E-state index in [1.165, 1.54) is 18.2 Å². The van der Waals surface area contributed by atoms with Gasteiger partial charge in [-0.15, -0.1) is 0 Å². The summed E-state index contributed by atoms with van der Waals surface area (Å²) in [4.78, 5) is 32.0. The Balaban J connectivity index is 2.42. The van der Waals surface area contributed by atoms with Gasteiger partial charge in [-0.3, -0.25) is 10.1 Å². The average molecular weight is 319 g/mol. The Kier molecular flexibility index (Phi) is 4.35. The molecule has 2 N–H and O–H groups in total. The maximum absolute atomic E-state index is 13.9. The Morgan fingerprint density at radius 1 is 1.04 bits per heavy atom. The molecule has 0 aliphatic rings. The van der Waals surface area contributed by atoms with Crippen LogP contribution in [0.15, 0.2) is 36.4 Å². The molecule has 0 unspecified atom stereocenters. The number of halogens is 1. The van der Waals surface area contributed by atoms with Gasteiger partial charge >= 0.3 is 11.9 Å². The van der Waals surface area contributed by atoms with Crippen LogP contribution in [-0.2, 0) is 6.42 Å². The van der Waals surface area contributed by atoms with E-state index in [-0.39, 0.29) is 28.7 Å². The number of rotatable bonds is 5. The van der Waals surface area contributed by atoms with Gasteiger partial charge in [-0.2, -0.15) is 0 Å². The zero-order chi connectivity index (χ0) is 17.1. The molecule has 0 aliphatic carbocycles. The molecular weight excluding hydrogens is 309 g/mol. The number of carboxylic acids is 2. The van der Waals surface area contributed by atoms with Crippen molar-refractivity contribution in [2.75, 3.05) is 0 Å². The quantitative estimate of drug-likeness (QED) is 0.646. The summed E-state index contributed by atoms with van der Waals surface area (Å²) in [6.45, 7) is 0. The van der Waals surface area contributed by atoms with Gasteiger partial charge < -0.3 is 10.2 Å². The van der Waals surface area contributed by atoms with Gasteiger partial charge in [0.2, 0.25) is 0 Å². The topological polar surface area (TPSA) is 118 Å². The van der Waals surface area contributed by atoms with E-state index in [9.17, 15) is 24.1 Å². The molecule has 0 aromatic heterocycles. The number of carbonyl (C=O) groups is 2. The van der Waals surface area contributed by atoms with Crippen LogP contribution in [0.2, 0.25) is 0 Å². The highest BCUT2D eigenvalue weighted by Crippen LogP contribution is 2.22. The highest BCUT2D eigenvalue weighted by atomic mass is 19.1. The van der Waals surface area contributed by atoms with Crippen molar-refractivity contribution in [3.05, 3.63) is 74.6 Å². The Morgan fingerprint density at radius 2 is 1.70 bits per heavy atom. The number of benzene rings is 2. The molecule has 118 valence electrons. The van der Waals surface area contributed by atoms with Gasteiger partial charge in [0.15, 0.2) is 0 Å². The van der Waals surface area contributed by atoms with E-state index in [1.54, 1.807) is 0 Å². The Morgan fingerprint density at radius 3 is 2.22 bits per heavy atom. The van der Waals surface area contributed by atoms with Crippen molar-refractivity contribution in [3.8, 4) is 0 Å². The van der Waals surface area contributed by atoms with Gasteiger partial charge in [0.25, 0.3) is 5.69 Å². The Hall–Kier alpha value is -3.29. The third-order valence-electron chi connectivity index (χ3n) is 3.22. The number of hydrogen-bond acceptors (Lipinski definition) is 4. The molecule has 2 aromatic rings. The maximum atomic E-state index is 13.9. The minimum Gasteiger partial charge on any atom is -0.478 e. The summed E-state index contributed by atoms with van der Waals surface area (Å²) in [5.41, 5.74) is -0.597. The number of carboxylic acid groups (broad SMARTS) is 2. The lowest BCUT2D eigenvalue weighted by molar-refractivity contribution is -0.385. The van der Waals surface area contributed by atoms with Crippen molar-refractivity contribution in [2.24, 2.45) is 0 Å². The first-order chi connectivity index (χ1) is 10.8.